The normalized spacial score (nSPS) is 23.0. The van der Waals surface area contributed by atoms with Crippen LogP contribution in [0, 0.1) is 5.92 Å². The first-order valence-electron chi connectivity index (χ1n) is 9.77. The topological polar surface area (TPSA) is 43.9 Å². The summed E-state index contributed by atoms with van der Waals surface area (Å²) >= 11 is 0. The van der Waals surface area contributed by atoms with Crippen LogP contribution in [0.1, 0.15) is 29.5 Å². The molecule has 11 heteroatoms. The zero-order valence-electron chi connectivity index (χ0n) is 17.1. The SMILES string of the molecule is CN1CC[C@H](N(C)C(=O)[C@H]2CC(=O)N(Cc3cc(C(F)(F)F)cc(C(F)(F)F)c3)C2)C1. The molecule has 3 rings (SSSR count). The van der Waals surface area contributed by atoms with E-state index in [1.54, 1.807) is 11.9 Å². The van der Waals surface area contributed by atoms with E-state index in [2.05, 4.69) is 4.90 Å². The van der Waals surface area contributed by atoms with Gasteiger partial charge in [0.05, 0.1) is 17.0 Å². The summed E-state index contributed by atoms with van der Waals surface area (Å²) in [7, 11) is 3.59. The summed E-state index contributed by atoms with van der Waals surface area (Å²) < 4.78 is 78.3. The van der Waals surface area contributed by atoms with Crippen LogP contribution in [-0.2, 0) is 28.5 Å². The quantitative estimate of drug-likeness (QED) is 0.661. The van der Waals surface area contributed by atoms with Crippen LogP contribution in [0.25, 0.3) is 0 Å². The van der Waals surface area contributed by atoms with E-state index >= 15 is 0 Å². The third-order valence-electron chi connectivity index (χ3n) is 5.85. The van der Waals surface area contributed by atoms with Gasteiger partial charge in [-0.3, -0.25) is 9.59 Å². The maximum Gasteiger partial charge on any atom is 0.416 e. The van der Waals surface area contributed by atoms with Crippen LogP contribution in [0.3, 0.4) is 0 Å². The zero-order valence-corrected chi connectivity index (χ0v) is 17.1. The molecule has 2 saturated heterocycles. The van der Waals surface area contributed by atoms with Gasteiger partial charge in [-0.2, -0.15) is 26.3 Å². The molecule has 2 atom stereocenters. The number of alkyl halides is 6. The molecule has 0 spiro atoms. The number of benzene rings is 1. The van der Waals surface area contributed by atoms with E-state index in [9.17, 15) is 35.9 Å². The van der Waals surface area contributed by atoms with Crippen molar-refractivity contribution in [3.63, 3.8) is 0 Å². The van der Waals surface area contributed by atoms with Gasteiger partial charge in [0, 0.05) is 39.1 Å². The smallest absolute Gasteiger partial charge is 0.341 e. The molecule has 2 fully saturated rings. The molecule has 0 bridgehead atoms. The van der Waals surface area contributed by atoms with Gasteiger partial charge in [0.15, 0.2) is 0 Å². The predicted molar refractivity (Wildman–Crippen MR) is 98.6 cm³/mol. The number of rotatable bonds is 4. The maximum atomic E-state index is 13.1. The van der Waals surface area contributed by atoms with Crippen LogP contribution >= 0.6 is 0 Å². The zero-order chi connectivity index (χ0) is 23.1. The van der Waals surface area contributed by atoms with Gasteiger partial charge >= 0.3 is 12.4 Å². The van der Waals surface area contributed by atoms with Gasteiger partial charge in [-0.15, -0.1) is 0 Å². The summed E-state index contributed by atoms with van der Waals surface area (Å²) in [6.45, 7) is 1.08. The van der Waals surface area contributed by atoms with Crippen molar-refractivity contribution in [1.29, 1.82) is 0 Å². The van der Waals surface area contributed by atoms with Crippen molar-refractivity contribution in [2.24, 2.45) is 5.92 Å². The van der Waals surface area contributed by atoms with Crippen LogP contribution in [0.4, 0.5) is 26.3 Å². The Labute approximate surface area is 175 Å². The van der Waals surface area contributed by atoms with E-state index in [0.29, 0.717) is 18.7 Å². The van der Waals surface area contributed by atoms with Crippen LogP contribution < -0.4 is 0 Å². The Hall–Kier alpha value is -2.30. The van der Waals surface area contributed by atoms with Gasteiger partial charge < -0.3 is 14.7 Å². The highest BCUT2D eigenvalue weighted by atomic mass is 19.4. The third kappa shape index (κ3) is 5.31. The summed E-state index contributed by atoms with van der Waals surface area (Å²) in [6.07, 6.45) is -9.23. The Morgan fingerprint density at radius 2 is 1.65 bits per heavy atom. The van der Waals surface area contributed by atoms with Crippen molar-refractivity contribution in [1.82, 2.24) is 14.7 Å². The van der Waals surface area contributed by atoms with E-state index in [0.717, 1.165) is 17.9 Å². The average Bonchev–Trinajstić information content (AvgIpc) is 3.25. The molecule has 172 valence electrons. The van der Waals surface area contributed by atoms with Crippen molar-refractivity contribution in [2.45, 2.75) is 37.8 Å². The second-order valence-electron chi connectivity index (χ2n) is 8.24. The molecule has 1 aromatic carbocycles. The Bertz CT molecular complexity index is 822. The van der Waals surface area contributed by atoms with Gasteiger partial charge in [0.25, 0.3) is 0 Å². The minimum atomic E-state index is -4.96. The second kappa shape index (κ2) is 8.33. The first-order valence-corrected chi connectivity index (χ1v) is 9.77. The number of carbonyl (C=O) groups is 2. The molecular weight excluding hydrogens is 428 g/mol. The standard InChI is InChI=1S/C20H23F6N3O2/c1-27-4-3-16(11-27)28(2)18(31)13-7-17(30)29(10-13)9-12-5-14(19(21,22)23)8-15(6-12)20(24,25)26/h5-6,8,13,16H,3-4,7,9-11H2,1-2H3/t13-,16-/m0/s1. The van der Waals surface area contributed by atoms with E-state index < -0.39 is 41.8 Å². The monoisotopic (exact) mass is 451 g/mol. The Balaban J connectivity index is 1.74. The number of hydrogen-bond donors (Lipinski definition) is 0. The van der Waals surface area contributed by atoms with Gasteiger partial charge in [-0.1, -0.05) is 0 Å². The van der Waals surface area contributed by atoms with Crippen LogP contribution in [0.5, 0.6) is 0 Å². The highest BCUT2D eigenvalue weighted by molar-refractivity contribution is 5.89. The molecule has 0 saturated carbocycles. The molecular formula is C20H23F6N3O2. The van der Waals surface area contributed by atoms with Crippen LogP contribution in [0.15, 0.2) is 18.2 Å². The van der Waals surface area contributed by atoms with Crippen molar-refractivity contribution in [2.75, 3.05) is 33.7 Å². The fraction of sp³-hybridized carbons (Fsp3) is 0.600. The van der Waals surface area contributed by atoms with E-state index in [1.165, 1.54) is 0 Å². The minimum Gasteiger partial charge on any atom is -0.341 e. The minimum absolute atomic E-state index is 0.0134. The fourth-order valence-corrected chi connectivity index (χ4v) is 4.12. The van der Waals surface area contributed by atoms with Crippen molar-refractivity contribution < 1.29 is 35.9 Å². The lowest BCUT2D eigenvalue weighted by atomic mass is 10.0. The number of likely N-dealkylation sites (tertiary alicyclic amines) is 2. The molecule has 2 amide bonds. The molecule has 2 aliphatic heterocycles. The lowest BCUT2D eigenvalue weighted by Gasteiger charge is -2.27. The molecule has 0 aromatic heterocycles. The third-order valence-corrected chi connectivity index (χ3v) is 5.85. The number of nitrogens with zero attached hydrogens (tertiary/aromatic N) is 3. The Morgan fingerprint density at radius 3 is 2.13 bits per heavy atom. The average molecular weight is 451 g/mol. The van der Waals surface area contributed by atoms with Gasteiger partial charge in [-0.05, 0) is 43.8 Å². The highest BCUT2D eigenvalue weighted by Crippen LogP contribution is 2.37. The van der Waals surface area contributed by atoms with Gasteiger partial charge in [0.2, 0.25) is 11.8 Å². The van der Waals surface area contributed by atoms with Gasteiger partial charge in [-0.25, -0.2) is 0 Å². The summed E-state index contributed by atoms with van der Waals surface area (Å²) in [5, 5.41) is 0. The first-order chi connectivity index (χ1) is 14.3. The first kappa shape index (κ1) is 23.4. The highest BCUT2D eigenvalue weighted by Gasteiger charge is 2.40. The van der Waals surface area contributed by atoms with E-state index in [4.69, 9.17) is 0 Å². The molecule has 0 radical (unpaired) electrons. The lowest BCUT2D eigenvalue weighted by molar-refractivity contribution is -0.143. The molecule has 0 N–H and O–H groups in total. The number of hydrogen-bond acceptors (Lipinski definition) is 3. The van der Waals surface area contributed by atoms with Crippen LogP contribution in [-0.4, -0.2) is 66.3 Å². The summed E-state index contributed by atoms with van der Waals surface area (Å²) in [5.74, 6) is -1.38. The predicted octanol–water partition coefficient (Wildman–Crippen LogP) is 3.24. The Morgan fingerprint density at radius 1 is 1.06 bits per heavy atom. The van der Waals surface area contributed by atoms with E-state index in [1.807, 2.05) is 7.05 Å². The van der Waals surface area contributed by atoms with Crippen molar-refractivity contribution in [3.05, 3.63) is 34.9 Å². The Kier molecular flexibility index (Phi) is 6.28. The molecule has 2 aliphatic rings. The summed E-state index contributed by atoms with van der Waals surface area (Å²) in [5.41, 5.74) is -3.14. The van der Waals surface area contributed by atoms with Crippen molar-refractivity contribution >= 4 is 11.8 Å². The van der Waals surface area contributed by atoms with E-state index in [-0.39, 0.29) is 36.5 Å². The molecule has 0 aliphatic carbocycles. The lowest BCUT2D eigenvalue weighted by Crippen LogP contribution is -2.42. The number of likely N-dealkylation sites (N-methyl/N-ethyl adjacent to an activating group) is 2. The fourth-order valence-electron chi connectivity index (χ4n) is 4.12. The number of halogens is 6. The maximum absolute atomic E-state index is 13.1. The molecule has 31 heavy (non-hydrogen) atoms. The number of carbonyl (C=O) groups excluding carboxylic acids is 2. The molecule has 5 nitrogen and oxygen atoms in total. The van der Waals surface area contributed by atoms with Crippen LogP contribution in [0.2, 0.25) is 0 Å². The van der Waals surface area contributed by atoms with Crippen molar-refractivity contribution in [3.8, 4) is 0 Å². The molecule has 0 unspecified atom stereocenters. The van der Waals surface area contributed by atoms with Gasteiger partial charge in [0.1, 0.15) is 0 Å². The number of amides is 2. The second-order valence-corrected chi connectivity index (χ2v) is 8.24. The summed E-state index contributed by atoms with van der Waals surface area (Å²) in [6, 6.07) is 1.28. The molecule has 1 aromatic rings. The largest absolute Gasteiger partial charge is 0.416 e. The summed E-state index contributed by atoms with van der Waals surface area (Å²) in [4.78, 5) is 30.0. The molecule has 2 heterocycles.